The number of hydrogen-bond donors (Lipinski definition) is 2. The van der Waals surface area contributed by atoms with E-state index in [-0.39, 0.29) is 17.2 Å². The largest absolute Gasteiger partial charge is 0.480 e. The maximum absolute atomic E-state index is 12.3. The molecule has 1 aromatic rings. The minimum Gasteiger partial charge on any atom is -0.480 e. The zero-order valence-corrected chi connectivity index (χ0v) is 14.2. The van der Waals surface area contributed by atoms with E-state index in [1.807, 2.05) is 6.07 Å². The van der Waals surface area contributed by atoms with Crippen LogP contribution in [0.25, 0.3) is 0 Å². The molecule has 4 nitrogen and oxygen atoms in total. The number of amides is 1. The molecule has 0 bridgehead atoms. The first-order valence-electron chi connectivity index (χ1n) is 8.45. The summed E-state index contributed by atoms with van der Waals surface area (Å²) >= 11 is 0. The van der Waals surface area contributed by atoms with Crippen molar-refractivity contribution < 1.29 is 14.7 Å². The van der Waals surface area contributed by atoms with Gasteiger partial charge in [0.05, 0.1) is 0 Å². The number of benzene rings is 1. The Hall–Kier alpha value is -1.84. The third-order valence-electron chi connectivity index (χ3n) is 5.43. The number of aliphatic carboxylic acids is 1. The highest BCUT2D eigenvalue weighted by Gasteiger charge is 2.41. The lowest BCUT2D eigenvalue weighted by molar-refractivity contribution is -0.142. The van der Waals surface area contributed by atoms with Gasteiger partial charge in [-0.25, -0.2) is 0 Å². The first-order valence-corrected chi connectivity index (χ1v) is 8.45. The van der Waals surface area contributed by atoms with E-state index in [0.29, 0.717) is 5.92 Å². The van der Waals surface area contributed by atoms with Crippen molar-refractivity contribution in [1.29, 1.82) is 0 Å². The summed E-state index contributed by atoms with van der Waals surface area (Å²) in [5.41, 5.74) is 1.48. The van der Waals surface area contributed by atoms with Crippen LogP contribution in [0.1, 0.15) is 52.0 Å². The minimum atomic E-state index is -0.991. The predicted molar refractivity (Wildman–Crippen MR) is 90.2 cm³/mol. The molecule has 1 fully saturated rings. The number of carboxylic acid groups (broad SMARTS) is 1. The van der Waals surface area contributed by atoms with Crippen molar-refractivity contribution in [2.24, 2.45) is 11.8 Å². The van der Waals surface area contributed by atoms with Gasteiger partial charge < -0.3 is 10.4 Å². The van der Waals surface area contributed by atoms with Gasteiger partial charge in [-0.2, -0.15) is 0 Å². The van der Waals surface area contributed by atoms with Gasteiger partial charge in [0.2, 0.25) is 5.91 Å². The second kappa shape index (κ2) is 7.16. The van der Waals surface area contributed by atoms with Crippen LogP contribution in [-0.4, -0.2) is 23.0 Å². The standard InChI is InChI=1S/C19H27NO3/c1-13(2)19(16-7-5-4-6-8-16)11-9-15(10-12-19)17(21)20-14(3)18(22)23/h4-8,13-15H,9-12H2,1-3H3,(H,20,21)(H,22,23)/t14-,15-,19+/m0/s1. The highest BCUT2D eigenvalue weighted by molar-refractivity contribution is 5.84. The summed E-state index contributed by atoms with van der Waals surface area (Å²) in [6.07, 6.45) is 3.55. The van der Waals surface area contributed by atoms with E-state index >= 15 is 0 Å². The molecule has 0 aromatic heterocycles. The molecule has 1 aliphatic rings. The van der Waals surface area contributed by atoms with Gasteiger partial charge in [-0.3, -0.25) is 9.59 Å². The van der Waals surface area contributed by atoms with Gasteiger partial charge in [0.15, 0.2) is 0 Å². The quantitative estimate of drug-likeness (QED) is 0.875. The molecule has 23 heavy (non-hydrogen) atoms. The molecule has 126 valence electrons. The van der Waals surface area contributed by atoms with E-state index in [9.17, 15) is 9.59 Å². The Morgan fingerprint density at radius 1 is 1.13 bits per heavy atom. The van der Waals surface area contributed by atoms with Gasteiger partial charge in [-0.15, -0.1) is 0 Å². The second-order valence-corrected chi connectivity index (χ2v) is 7.02. The van der Waals surface area contributed by atoms with E-state index in [2.05, 4.69) is 43.4 Å². The van der Waals surface area contributed by atoms with E-state index < -0.39 is 12.0 Å². The van der Waals surface area contributed by atoms with E-state index in [4.69, 9.17) is 5.11 Å². The lowest BCUT2D eigenvalue weighted by Crippen LogP contribution is -2.45. The van der Waals surface area contributed by atoms with Crippen LogP contribution >= 0.6 is 0 Å². The topological polar surface area (TPSA) is 66.4 Å². The van der Waals surface area contributed by atoms with Gasteiger partial charge >= 0.3 is 5.97 Å². The molecule has 0 radical (unpaired) electrons. The van der Waals surface area contributed by atoms with Crippen molar-refractivity contribution in [3.8, 4) is 0 Å². The summed E-state index contributed by atoms with van der Waals surface area (Å²) in [4.78, 5) is 23.1. The number of carbonyl (C=O) groups excluding carboxylic acids is 1. The number of nitrogens with one attached hydrogen (secondary N) is 1. The average Bonchev–Trinajstić information content (AvgIpc) is 2.55. The van der Waals surface area contributed by atoms with Crippen LogP contribution in [0, 0.1) is 11.8 Å². The van der Waals surface area contributed by atoms with Gasteiger partial charge in [-0.05, 0) is 49.5 Å². The highest BCUT2D eigenvalue weighted by atomic mass is 16.4. The molecule has 1 amide bonds. The fourth-order valence-electron chi connectivity index (χ4n) is 3.76. The Balaban J connectivity index is 2.06. The third-order valence-corrected chi connectivity index (χ3v) is 5.43. The molecule has 0 heterocycles. The summed E-state index contributed by atoms with van der Waals surface area (Å²) in [6, 6.07) is 9.73. The Kier molecular flexibility index (Phi) is 5.45. The van der Waals surface area contributed by atoms with Gasteiger partial charge in [0.25, 0.3) is 0 Å². The molecule has 1 aliphatic carbocycles. The molecule has 1 aromatic carbocycles. The zero-order chi connectivity index (χ0) is 17.0. The maximum atomic E-state index is 12.3. The minimum absolute atomic E-state index is 0.0765. The summed E-state index contributed by atoms with van der Waals surface area (Å²) in [6.45, 7) is 6.01. The average molecular weight is 317 g/mol. The molecule has 2 rings (SSSR count). The van der Waals surface area contributed by atoms with Gasteiger partial charge in [-0.1, -0.05) is 44.2 Å². The molecule has 2 N–H and O–H groups in total. The number of rotatable bonds is 5. The fourth-order valence-corrected chi connectivity index (χ4v) is 3.76. The third kappa shape index (κ3) is 3.74. The molecule has 4 heteroatoms. The van der Waals surface area contributed by atoms with Gasteiger partial charge in [0, 0.05) is 5.92 Å². The van der Waals surface area contributed by atoms with Crippen LogP contribution in [0.2, 0.25) is 0 Å². The van der Waals surface area contributed by atoms with E-state index in [1.165, 1.54) is 12.5 Å². The van der Waals surface area contributed by atoms with Crippen molar-refractivity contribution in [1.82, 2.24) is 5.32 Å². The lowest BCUT2D eigenvalue weighted by Gasteiger charge is -2.43. The summed E-state index contributed by atoms with van der Waals surface area (Å²) < 4.78 is 0. The number of carboxylic acids is 1. The molecule has 0 unspecified atom stereocenters. The summed E-state index contributed by atoms with van der Waals surface area (Å²) in [5.74, 6) is -0.681. The molecule has 0 spiro atoms. The first kappa shape index (κ1) is 17.5. The monoisotopic (exact) mass is 317 g/mol. The Bertz CT molecular complexity index is 545. The molecule has 1 saturated carbocycles. The molecule has 1 atom stereocenters. The lowest BCUT2D eigenvalue weighted by atomic mass is 9.61. The molecule has 0 saturated heterocycles. The maximum Gasteiger partial charge on any atom is 0.325 e. The van der Waals surface area contributed by atoms with Crippen LogP contribution in [0.3, 0.4) is 0 Å². The van der Waals surface area contributed by atoms with Gasteiger partial charge in [0.1, 0.15) is 6.04 Å². The number of carbonyl (C=O) groups is 2. The van der Waals surface area contributed by atoms with E-state index in [1.54, 1.807) is 0 Å². The Morgan fingerprint density at radius 2 is 1.70 bits per heavy atom. The van der Waals surface area contributed by atoms with Crippen LogP contribution in [0.15, 0.2) is 30.3 Å². The van der Waals surface area contributed by atoms with Crippen LogP contribution in [-0.2, 0) is 15.0 Å². The van der Waals surface area contributed by atoms with Crippen LogP contribution in [0.5, 0.6) is 0 Å². The first-order chi connectivity index (χ1) is 10.9. The Labute approximate surface area is 138 Å². The zero-order valence-electron chi connectivity index (χ0n) is 14.2. The highest BCUT2D eigenvalue weighted by Crippen LogP contribution is 2.46. The molecular formula is C19H27NO3. The molecule has 0 aliphatic heterocycles. The van der Waals surface area contributed by atoms with Crippen molar-refractivity contribution in [3.63, 3.8) is 0 Å². The predicted octanol–water partition coefficient (Wildman–Crippen LogP) is 3.36. The van der Waals surface area contributed by atoms with E-state index in [0.717, 1.165) is 25.7 Å². The normalized spacial score (nSPS) is 25.8. The van der Waals surface area contributed by atoms with Crippen molar-refractivity contribution in [2.75, 3.05) is 0 Å². The van der Waals surface area contributed by atoms with Crippen LogP contribution < -0.4 is 5.32 Å². The molecular weight excluding hydrogens is 290 g/mol. The smallest absolute Gasteiger partial charge is 0.325 e. The summed E-state index contributed by atoms with van der Waals surface area (Å²) in [5, 5.41) is 11.5. The SMILES string of the molecule is CC(C)[C@]1(c2ccccc2)CC[C@@H](C(=O)N[C@@H](C)C(=O)O)CC1. The summed E-state index contributed by atoms with van der Waals surface area (Å²) in [7, 11) is 0. The second-order valence-electron chi connectivity index (χ2n) is 7.02. The number of hydrogen-bond acceptors (Lipinski definition) is 2. The van der Waals surface area contributed by atoms with Crippen molar-refractivity contribution in [2.45, 2.75) is 57.9 Å². The van der Waals surface area contributed by atoms with Crippen molar-refractivity contribution >= 4 is 11.9 Å². The Morgan fingerprint density at radius 3 is 2.17 bits per heavy atom. The van der Waals surface area contributed by atoms with Crippen molar-refractivity contribution in [3.05, 3.63) is 35.9 Å². The fraction of sp³-hybridized carbons (Fsp3) is 0.579. The van der Waals surface area contributed by atoms with Crippen LogP contribution in [0.4, 0.5) is 0 Å².